The summed E-state index contributed by atoms with van der Waals surface area (Å²) in [5, 5.41) is 8.52. The molecule has 0 saturated carbocycles. The fourth-order valence-electron chi connectivity index (χ4n) is 2.14. The maximum atomic E-state index is 5.94. The molecule has 15 heavy (non-hydrogen) atoms. The van der Waals surface area contributed by atoms with E-state index in [1.54, 1.807) is 6.20 Å². The van der Waals surface area contributed by atoms with Gasteiger partial charge in [-0.3, -0.25) is 4.68 Å². The van der Waals surface area contributed by atoms with Crippen molar-refractivity contribution in [2.75, 3.05) is 6.54 Å². The Labute approximate surface area is 95.8 Å². The summed E-state index contributed by atoms with van der Waals surface area (Å²) in [6, 6.07) is 0.733. The molecule has 1 fully saturated rings. The Morgan fingerprint density at radius 2 is 2.53 bits per heavy atom. The Morgan fingerprint density at radius 1 is 1.67 bits per heavy atom. The van der Waals surface area contributed by atoms with Crippen LogP contribution in [0.3, 0.4) is 0 Å². The van der Waals surface area contributed by atoms with Crippen molar-refractivity contribution in [2.24, 2.45) is 0 Å². The highest BCUT2D eigenvalue weighted by Gasteiger charge is 2.13. The Morgan fingerprint density at radius 3 is 3.13 bits per heavy atom. The molecule has 0 aliphatic carbocycles. The molecule has 2 heterocycles. The molecule has 1 aromatic rings. The summed E-state index contributed by atoms with van der Waals surface area (Å²) in [4.78, 5) is 0. The van der Waals surface area contributed by atoms with E-state index in [2.05, 4.69) is 10.4 Å². The van der Waals surface area contributed by atoms with E-state index in [1.807, 2.05) is 11.6 Å². The molecule has 1 aliphatic rings. The summed E-state index contributed by atoms with van der Waals surface area (Å²) in [6.07, 6.45) is 6.81. The Kier molecular flexibility index (Phi) is 3.65. The minimum Gasteiger partial charge on any atom is -0.314 e. The zero-order chi connectivity index (χ0) is 10.7. The van der Waals surface area contributed by atoms with Gasteiger partial charge in [-0.05, 0) is 39.2 Å². The first kappa shape index (κ1) is 11.0. The highest BCUT2D eigenvalue weighted by molar-refractivity contribution is 6.31. The second-order valence-electron chi connectivity index (χ2n) is 4.24. The third kappa shape index (κ3) is 2.73. The van der Waals surface area contributed by atoms with Gasteiger partial charge in [-0.25, -0.2) is 0 Å². The van der Waals surface area contributed by atoms with E-state index in [0.29, 0.717) is 0 Å². The van der Waals surface area contributed by atoms with Crippen LogP contribution >= 0.6 is 11.6 Å². The van der Waals surface area contributed by atoms with Crippen LogP contribution in [0, 0.1) is 6.92 Å². The molecule has 0 aromatic carbocycles. The SMILES string of the molecule is Cc1c(Cl)cnn1CCCC1CCCN1. The summed E-state index contributed by atoms with van der Waals surface area (Å²) in [7, 11) is 0. The molecule has 1 atom stereocenters. The van der Waals surface area contributed by atoms with Crippen LogP contribution in [0.15, 0.2) is 6.20 Å². The van der Waals surface area contributed by atoms with Gasteiger partial charge in [0.2, 0.25) is 0 Å². The van der Waals surface area contributed by atoms with E-state index in [1.165, 1.54) is 32.2 Å². The summed E-state index contributed by atoms with van der Waals surface area (Å²) in [6.45, 7) is 4.19. The van der Waals surface area contributed by atoms with Crippen molar-refractivity contribution in [3.8, 4) is 0 Å². The van der Waals surface area contributed by atoms with E-state index in [0.717, 1.165) is 23.3 Å². The van der Waals surface area contributed by atoms with Crippen LogP contribution in [0.1, 0.15) is 31.4 Å². The number of nitrogens with one attached hydrogen (secondary N) is 1. The van der Waals surface area contributed by atoms with Gasteiger partial charge in [0, 0.05) is 12.6 Å². The Bertz CT molecular complexity index is 316. The van der Waals surface area contributed by atoms with Gasteiger partial charge in [-0.15, -0.1) is 0 Å². The molecule has 0 bridgehead atoms. The number of nitrogens with zero attached hydrogens (tertiary/aromatic N) is 2. The van der Waals surface area contributed by atoms with Crippen LogP contribution in [0.5, 0.6) is 0 Å². The first-order valence-corrected chi connectivity index (χ1v) is 6.06. The summed E-state index contributed by atoms with van der Waals surface area (Å²) in [5.41, 5.74) is 1.08. The molecule has 4 heteroatoms. The molecule has 2 rings (SSSR count). The van der Waals surface area contributed by atoms with Crippen molar-refractivity contribution >= 4 is 11.6 Å². The number of rotatable bonds is 4. The molecule has 0 radical (unpaired) electrons. The van der Waals surface area contributed by atoms with Gasteiger partial charge in [-0.2, -0.15) is 5.10 Å². The Balaban J connectivity index is 1.75. The van der Waals surface area contributed by atoms with Crippen molar-refractivity contribution in [2.45, 2.75) is 45.2 Å². The number of halogens is 1. The van der Waals surface area contributed by atoms with Crippen LogP contribution in [0.25, 0.3) is 0 Å². The van der Waals surface area contributed by atoms with Gasteiger partial charge >= 0.3 is 0 Å². The fraction of sp³-hybridized carbons (Fsp3) is 0.727. The molecule has 84 valence electrons. The third-order valence-electron chi connectivity index (χ3n) is 3.13. The summed E-state index contributed by atoms with van der Waals surface area (Å²) < 4.78 is 2.00. The van der Waals surface area contributed by atoms with E-state index >= 15 is 0 Å². The topological polar surface area (TPSA) is 29.9 Å². The molecule has 1 saturated heterocycles. The lowest BCUT2D eigenvalue weighted by molar-refractivity contribution is 0.479. The van der Waals surface area contributed by atoms with Crippen molar-refractivity contribution < 1.29 is 0 Å². The molecule has 0 spiro atoms. The lowest BCUT2D eigenvalue weighted by atomic mass is 10.1. The van der Waals surface area contributed by atoms with Crippen LogP contribution in [0.2, 0.25) is 5.02 Å². The summed E-state index contributed by atoms with van der Waals surface area (Å²) in [5.74, 6) is 0. The molecule has 3 nitrogen and oxygen atoms in total. The standard InChI is InChI=1S/C11H18ClN3/c1-9-11(12)8-14-15(9)7-3-5-10-4-2-6-13-10/h8,10,13H,2-7H2,1H3. The zero-order valence-corrected chi connectivity index (χ0v) is 9.93. The predicted octanol–water partition coefficient (Wildman–Crippen LogP) is 2.38. The van der Waals surface area contributed by atoms with Gasteiger partial charge in [0.05, 0.1) is 16.9 Å². The minimum atomic E-state index is 0.733. The van der Waals surface area contributed by atoms with Crippen LogP contribution < -0.4 is 5.32 Å². The van der Waals surface area contributed by atoms with Crippen molar-refractivity contribution in [3.63, 3.8) is 0 Å². The van der Waals surface area contributed by atoms with Gasteiger partial charge in [0.25, 0.3) is 0 Å². The van der Waals surface area contributed by atoms with Crippen LogP contribution in [-0.4, -0.2) is 22.4 Å². The number of hydrogen-bond acceptors (Lipinski definition) is 2. The first-order chi connectivity index (χ1) is 7.27. The van der Waals surface area contributed by atoms with E-state index in [-0.39, 0.29) is 0 Å². The van der Waals surface area contributed by atoms with Crippen molar-refractivity contribution in [1.29, 1.82) is 0 Å². The van der Waals surface area contributed by atoms with Crippen LogP contribution in [0.4, 0.5) is 0 Å². The largest absolute Gasteiger partial charge is 0.314 e. The highest BCUT2D eigenvalue weighted by Crippen LogP contribution is 2.15. The molecule has 1 aliphatic heterocycles. The maximum Gasteiger partial charge on any atom is 0.0814 e. The monoisotopic (exact) mass is 227 g/mol. The second kappa shape index (κ2) is 4.99. The minimum absolute atomic E-state index is 0.733. The predicted molar refractivity (Wildman–Crippen MR) is 62.2 cm³/mol. The van der Waals surface area contributed by atoms with Crippen molar-refractivity contribution in [3.05, 3.63) is 16.9 Å². The zero-order valence-electron chi connectivity index (χ0n) is 9.17. The van der Waals surface area contributed by atoms with Gasteiger partial charge in [0.1, 0.15) is 0 Å². The molecular weight excluding hydrogens is 210 g/mol. The third-order valence-corrected chi connectivity index (χ3v) is 3.50. The average molecular weight is 228 g/mol. The quantitative estimate of drug-likeness (QED) is 0.856. The maximum absolute atomic E-state index is 5.94. The lowest BCUT2D eigenvalue weighted by Crippen LogP contribution is -2.21. The lowest BCUT2D eigenvalue weighted by Gasteiger charge is -2.10. The molecule has 1 aromatic heterocycles. The van der Waals surface area contributed by atoms with Gasteiger partial charge in [-0.1, -0.05) is 11.6 Å². The van der Waals surface area contributed by atoms with Crippen LogP contribution in [-0.2, 0) is 6.54 Å². The average Bonchev–Trinajstić information content (AvgIpc) is 2.83. The molecular formula is C11H18ClN3. The number of hydrogen-bond donors (Lipinski definition) is 1. The number of aromatic nitrogens is 2. The number of aryl methyl sites for hydroxylation is 1. The van der Waals surface area contributed by atoms with Gasteiger partial charge in [0.15, 0.2) is 0 Å². The first-order valence-electron chi connectivity index (χ1n) is 5.68. The molecule has 0 amide bonds. The fourth-order valence-corrected chi connectivity index (χ4v) is 2.28. The summed E-state index contributed by atoms with van der Waals surface area (Å²) >= 11 is 5.94. The molecule has 1 unspecified atom stereocenters. The normalized spacial score (nSPS) is 21.1. The van der Waals surface area contributed by atoms with E-state index < -0.39 is 0 Å². The van der Waals surface area contributed by atoms with E-state index in [4.69, 9.17) is 11.6 Å². The van der Waals surface area contributed by atoms with Gasteiger partial charge < -0.3 is 5.32 Å². The Hall–Kier alpha value is -0.540. The van der Waals surface area contributed by atoms with E-state index in [9.17, 15) is 0 Å². The molecule has 1 N–H and O–H groups in total. The highest BCUT2D eigenvalue weighted by atomic mass is 35.5. The smallest absolute Gasteiger partial charge is 0.0814 e. The van der Waals surface area contributed by atoms with Crippen molar-refractivity contribution in [1.82, 2.24) is 15.1 Å². The second-order valence-corrected chi connectivity index (χ2v) is 4.64.